The molecule has 0 aliphatic rings. The second-order valence-electron chi connectivity index (χ2n) is 6.04. The minimum atomic E-state index is -3.68. The predicted octanol–water partition coefficient (Wildman–Crippen LogP) is 1.47. The van der Waals surface area contributed by atoms with Gasteiger partial charge in [0.1, 0.15) is 0 Å². The van der Waals surface area contributed by atoms with Gasteiger partial charge in [0, 0.05) is 19.6 Å². The summed E-state index contributed by atoms with van der Waals surface area (Å²) >= 11 is 0. The summed E-state index contributed by atoms with van der Waals surface area (Å²) < 4.78 is 33.1. The maximum absolute atomic E-state index is 12.6. The van der Waals surface area contributed by atoms with E-state index in [2.05, 4.69) is 15.5 Å². The molecule has 1 heterocycles. The topological polar surface area (TPSA) is 107 Å². The summed E-state index contributed by atoms with van der Waals surface area (Å²) in [5.74, 6) is -0.205. The van der Waals surface area contributed by atoms with Crippen LogP contribution < -0.4 is 0 Å². The molecule has 0 fully saturated rings. The third-order valence-electron chi connectivity index (χ3n) is 3.85. The Kier molecular flexibility index (Phi) is 6.43. The molecule has 2 rings (SSSR count). The average molecular weight is 381 g/mol. The van der Waals surface area contributed by atoms with Crippen molar-refractivity contribution >= 4 is 16.0 Å². The zero-order chi connectivity index (χ0) is 19.3. The van der Waals surface area contributed by atoms with Gasteiger partial charge in [0.15, 0.2) is 12.4 Å². The van der Waals surface area contributed by atoms with Gasteiger partial charge in [0.05, 0.1) is 10.5 Å². The molecule has 0 saturated carbocycles. The molecular weight excluding hydrogens is 358 g/mol. The van der Waals surface area contributed by atoms with Crippen LogP contribution in [0.3, 0.4) is 0 Å². The maximum atomic E-state index is 12.6. The number of hydrogen-bond acceptors (Lipinski definition) is 7. The number of rotatable bonds is 8. The van der Waals surface area contributed by atoms with E-state index in [0.717, 1.165) is 6.42 Å². The molecule has 0 saturated heterocycles. The first-order valence-electron chi connectivity index (χ1n) is 8.27. The molecule has 0 bridgehead atoms. The molecule has 10 heteroatoms. The van der Waals surface area contributed by atoms with E-state index < -0.39 is 16.0 Å². The summed E-state index contributed by atoms with van der Waals surface area (Å²) in [7, 11) is -2.18. The van der Waals surface area contributed by atoms with Gasteiger partial charge in [-0.1, -0.05) is 13.0 Å². The number of hydrogen-bond donors (Lipinski definition) is 0. The van der Waals surface area contributed by atoms with Crippen molar-refractivity contribution in [1.82, 2.24) is 24.5 Å². The van der Waals surface area contributed by atoms with Crippen LogP contribution in [-0.4, -0.2) is 52.0 Å². The first kappa shape index (κ1) is 20.0. The van der Waals surface area contributed by atoms with Crippen molar-refractivity contribution in [3.63, 3.8) is 0 Å². The van der Waals surface area contributed by atoms with Crippen LogP contribution in [0.4, 0.5) is 0 Å². The number of benzene rings is 1. The van der Waals surface area contributed by atoms with E-state index in [1.165, 1.54) is 35.6 Å². The van der Waals surface area contributed by atoms with Crippen molar-refractivity contribution < 1.29 is 17.9 Å². The Morgan fingerprint density at radius 3 is 2.73 bits per heavy atom. The van der Waals surface area contributed by atoms with Crippen LogP contribution in [0.5, 0.6) is 0 Å². The van der Waals surface area contributed by atoms with Crippen LogP contribution in [-0.2, 0) is 27.9 Å². The van der Waals surface area contributed by atoms with E-state index in [4.69, 9.17) is 4.74 Å². The van der Waals surface area contributed by atoms with Crippen LogP contribution in [0.15, 0.2) is 29.2 Å². The number of aryl methyl sites for hydroxylation is 1. The number of carbonyl (C=O) groups is 1. The van der Waals surface area contributed by atoms with Gasteiger partial charge in [0.25, 0.3) is 0 Å². The fraction of sp³-hybridized carbons (Fsp3) is 0.500. The Labute approximate surface area is 153 Å². The van der Waals surface area contributed by atoms with E-state index in [9.17, 15) is 13.2 Å². The standard InChI is InChI=1S/C16H23N5O4S/c1-5-9-21-15(17-18-19-21)11-25-16(22)13-7-6-8-14(10-13)26(23,24)20(4)12(2)3/h6-8,10,12H,5,9,11H2,1-4H3. The summed E-state index contributed by atoms with van der Waals surface area (Å²) in [6, 6.07) is 5.58. The number of tetrazole rings is 1. The van der Waals surface area contributed by atoms with Crippen molar-refractivity contribution in [2.45, 2.75) is 51.3 Å². The average Bonchev–Trinajstić information content (AvgIpc) is 3.06. The molecule has 142 valence electrons. The fourth-order valence-corrected chi connectivity index (χ4v) is 3.57. The number of carbonyl (C=O) groups excluding carboxylic acids is 1. The Balaban J connectivity index is 2.14. The van der Waals surface area contributed by atoms with E-state index in [1.807, 2.05) is 6.92 Å². The van der Waals surface area contributed by atoms with Crippen LogP contribution in [0.1, 0.15) is 43.4 Å². The normalized spacial score (nSPS) is 11.9. The highest BCUT2D eigenvalue weighted by molar-refractivity contribution is 7.89. The van der Waals surface area contributed by atoms with Crippen molar-refractivity contribution in [2.24, 2.45) is 0 Å². The Bertz CT molecular complexity index is 863. The van der Waals surface area contributed by atoms with E-state index >= 15 is 0 Å². The Morgan fingerprint density at radius 2 is 2.08 bits per heavy atom. The molecule has 0 atom stereocenters. The first-order valence-corrected chi connectivity index (χ1v) is 9.71. The molecule has 2 aromatic rings. The fourth-order valence-electron chi connectivity index (χ4n) is 2.15. The van der Waals surface area contributed by atoms with Gasteiger partial charge in [0.2, 0.25) is 10.0 Å². The number of nitrogens with zero attached hydrogens (tertiary/aromatic N) is 5. The molecule has 0 radical (unpaired) electrons. The monoisotopic (exact) mass is 381 g/mol. The van der Waals surface area contributed by atoms with Gasteiger partial charge in [-0.3, -0.25) is 0 Å². The smallest absolute Gasteiger partial charge is 0.338 e. The predicted molar refractivity (Wildman–Crippen MR) is 93.8 cm³/mol. The summed E-state index contributed by atoms with van der Waals surface area (Å²) in [5.41, 5.74) is 0.151. The zero-order valence-corrected chi connectivity index (χ0v) is 16.1. The second kappa shape index (κ2) is 8.37. The van der Waals surface area contributed by atoms with Crippen LogP contribution in [0.2, 0.25) is 0 Å². The number of sulfonamides is 1. The van der Waals surface area contributed by atoms with Crippen LogP contribution >= 0.6 is 0 Å². The lowest BCUT2D eigenvalue weighted by atomic mass is 10.2. The van der Waals surface area contributed by atoms with E-state index in [-0.39, 0.29) is 23.1 Å². The van der Waals surface area contributed by atoms with Crippen molar-refractivity contribution in [3.8, 4) is 0 Å². The molecule has 1 aromatic carbocycles. The molecule has 0 aliphatic carbocycles. The second-order valence-corrected chi connectivity index (χ2v) is 8.03. The van der Waals surface area contributed by atoms with Crippen LogP contribution in [0.25, 0.3) is 0 Å². The Hall–Kier alpha value is -2.33. The number of ether oxygens (including phenoxy) is 1. The zero-order valence-electron chi connectivity index (χ0n) is 15.3. The molecule has 0 N–H and O–H groups in total. The van der Waals surface area contributed by atoms with Crippen molar-refractivity contribution in [1.29, 1.82) is 0 Å². The summed E-state index contributed by atoms with van der Waals surface area (Å²) in [5, 5.41) is 11.2. The van der Waals surface area contributed by atoms with Gasteiger partial charge >= 0.3 is 5.97 Å². The molecular formula is C16H23N5O4S. The molecule has 0 aliphatic heterocycles. The Morgan fingerprint density at radius 1 is 1.35 bits per heavy atom. The largest absolute Gasteiger partial charge is 0.454 e. The third kappa shape index (κ3) is 4.44. The van der Waals surface area contributed by atoms with Gasteiger partial charge in [-0.05, 0) is 48.9 Å². The van der Waals surface area contributed by atoms with E-state index in [0.29, 0.717) is 12.4 Å². The highest BCUT2D eigenvalue weighted by Crippen LogP contribution is 2.18. The van der Waals surface area contributed by atoms with Gasteiger partial charge < -0.3 is 4.74 Å². The van der Waals surface area contributed by atoms with Crippen LogP contribution in [0, 0.1) is 0 Å². The number of esters is 1. The summed E-state index contributed by atoms with van der Waals surface area (Å²) in [6.07, 6.45) is 0.843. The third-order valence-corrected chi connectivity index (χ3v) is 5.88. The van der Waals surface area contributed by atoms with Gasteiger partial charge in [-0.25, -0.2) is 17.9 Å². The lowest BCUT2D eigenvalue weighted by Crippen LogP contribution is -2.33. The lowest BCUT2D eigenvalue weighted by Gasteiger charge is -2.21. The minimum absolute atomic E-state index is 0.0407. The minimum Gasteiger partial charge on any atom is -0.454 e. The molecule has 26 heavy (non-hydrogen) atoms. The number of aromatic nitrogens is 4. The molecule has 0 unspecified atom stereocenters. The highest BCUT2D eigenvalue weighted by atomic mass is 32.2. The van der Waals surface area contributed by atoms with Crippen molar-refractivity contribution in [2.75, 3.05) is 7.05 Å². The molecule has 0 spiro atoms. The first-order chi connectivity index (χ1) is 12.3. The van der Waals surface area contributed by atoms with E-state index in [1.54, 1.807) is 18.5 Å². The van der Waals surface area contributed by atoms with Crippen molar-refractivity contribution in [3.05, 3.63) is 35.7 Å². The summed E-state index contributed by atoms with van der Waals surface area (Å²) in [6.45, 7) is 6.06. The lowest BCUT2D eigenvalue weighted by molar-refractivity contribution is 0.0456. The quantitative estimate of drug-likeness (QED) is 0.637. The molecule has 0 amide bonds. The van der Waals surface area contributed by atoms with Gasteiger partial charge in [-0.2, -0.15) is 4.31 Å². The SMILES string of the molecule is CCCn1nnnc1COC(=O)c1cccc(S(=O)(=O)N(C)C(C)C)c1. The molecule has 9 nitrogen and oxygen atoms in total. The molecule has 1 aromatic heterocycles. The highest BCUT2D eigenvalue weighted by Gasteiger charge is 2.24. The summed E-state index contributed by atoms with van der Waals surface area (Å²) in [4.78, 5) is 12.3. The van der Waals surface area contributed by atoms with Gasteiger partial charge in [-0.15, -0.1) is 5.10 Å². The maximum Gasteiger partial charge on any atom is 0.338 e.